The summed E-state index contributed by atoms with van der Waals surface area (Å²) < 4.78 is 5.70. The highest BCUT2D eigenvalue weighted by molar-refractivity contribution is 5.93. The van der Waals surface area contributed by atoms with Crippen LogP contribution >= 0.6 is 0 Å². The summed E-state index contributed by atoms with van der Waals surface area (Å²) in [5.41, 5.74) is 7.48. The van der Waals surface area contributed by atoms with Crippen LogP contribution in [0.4, 0.5) is 10.5 Å². The topological polar surface area (TPSA) is 99.3 Å². The summed E-state index contributed by atoms with van der Waals surface area (Å²) in [5.74, 6) is -0.122. The van der Waals surface area contributed by atoms with E-state index in [-0.39, 0.29) is 5.91 Å². The van der Waals surface area contributed by atoms with Gasteiger partial charge < -0.3 is 20.4 Å². The summed E-state index contributed by atoms with van der Waals surface area (Å²) in [6, 6.07) is 15.9. The van der Waals surface area contributed by atoms with E-state index in [0.29, 0.717) is 19.5 Å². The fraction of sp³-hybridized carbons (Fsp3) is 0.472. The average molecular weight is 596 g/mol. The molecule has 44 heavy (non-hydrogen) atoms. The van der Waals surface area contributed by atoms with Gasteiger partial charge in [-0.2, -0.15) is 0 Å². The summed E-state index contributed by atoms with van der Waals surface area (Å²) in [4.78, 5) is 36.6. The number of nitrogens with zero attached hydrogens (tertiary/aromatic N) is 2. The van der Waals surface area contributed by atoms with E-state index in [4.69, 9.17) is 9.72 Å². The van der Waals surface area contributed by atoms with Crippen LogP contribution in [-0.2, 0) is 35.3 Å². The molecule has 8 nitrogen and oxygen atoms in total. The Morgan fingerprint density at radius 2 is 1.66 bits per heavy atom. The largest absolute Gasteiger partial charge is 0.444 e. The lowest BCUT2D eigenvalue weighted by molar-refractivity contribution is -0.127. The van der Waals surface area contributed by atoms with Crippen LogP contribution < -0.4 is 10.6 Å². The fourth-order valence-electron chi connectivity index (χ4n) is 6.68. The van der Waals surface area contributed by atoms with Crippen molar-refractivity contribution in [1.82, 2.24) is 20.2 Å². The Kier molecular flexibility index (Phi) is 8.78. The molecule has 3 N–H and O–H groups in total. The molecule has 2 amide bonds. The van der Waals surface area contributed by atoms with Gasteiger partial charge in [0, 0.05) is 52.9 Å². The van der Waals surface area contributed by atoms with Gasteiger partial charge in [0.1, 0.15) is 11.6 Å². The van der Waals surface area contributed by atoms with Crippen molar-refractivity contribution in [3.63, 3.8) is 0 Å². The minimum absolute atomic E-state index is 0.122. The number of aryl methyl sites for hydroxylation is 1. The first kappa shape index (κ1) is 30.0. The lowest BCUT2D eigenvalue weighted by Gasteiger charge is -2.35. The summed E-state index contributed by atoms with van der Waals surface area (Å²) in [6.45, 7) is 7.38. The highest BCUT2D eigenvalue weighted by atomic mass is 16.6. The van der Waals surface area contributed by atoms with Crippen molar-refractivity contribution in [2.45, 2.75) is 96.7 Å². The number of para-hydroxylation sites is 2. The number of benzene rings is 2. The number of hydrogen-bond acceptors (Lipinski definition) is 5. The number of H-pyrrole nitrogens is 1. The number of carbonyl (C=O) groups excluding carboxylic acids is 2. The standard InChI is InChI=1S/C36H45N5O3/c1-36(2,3)44-35(43)41-23-31-27(24-14-6-9-17-28(24)40-31)22-32(41)34(42)38-21-13-5-4-12-20-37-33-25-15-7-10-18-29(25)39-30-19-11-8-16-26(30)33/h6-7,9-10,14-15,17-18,32,40H,4-5,8,11-13,16,19-23H2,1-3H3,(H,37,39)(H,38,42)/t32-/m0/s1. The summed E-state index contributed by atoms with van der Waals surface area (Å²) >= 11 is 0. The Morgan fingerprint density at radius 3 is 2.48 bits per heavy atom. The van der Waals surface area contributed by atoms with Crippen molar-refractivity contribution < 1.29 is 14.3 Å². The molecular weight excluding hydrogens is 550 g/mol. The predicted octanol–water partition coefficient (Wildman–Crippen LogP) is 7.05. The zero-order valence-electron chi connectivity index (χ0n) is 26.3. The van der Waals surface area contributed by atoms with Crippen LogP contribution in [0.15, 0.2) is 48.5 Å². The highest BCUT2D eigenvalue weighted by Crippen LogP contribution is 2.34. The number of carbonyl (C=O) groups is 2. The fourth-order valence-corrected chi connectivity index (χ4v) is 6.68. The van der Waals surface area contributed by atoms with Crippen LogP contribution in [0.5, 0.6) is 0 Å². The van der Waals surface area contributed by atoms with Gasteiger partial charge in [0.25, 0.3) is 0 Å². The number of pyridine rings is 1. The molecule has 232 valence electrons. The van der Waals surface area contributed by atoms with Crippen molar-refractivity contribution in [2.75, 3.05) is 18.4 Å². The van der Waals surface area contributed by atoms with Crippen molar-refractivity contribution >= 4 is 39.5 Å². The van der Waals surface area contributed by atoms with Crippen LogP contribution in [0, 0.1) is 0 Å². The number of aromatic nitrogens is 2. The van der Waals surface area contributed by atoms with Gasteiger partial charge in [0.2, 0.25) is 5.91 Å². The summed E-state index contributed by atoms with van der Waals surface area (Å²) in [6.07, 6.45) is 8.70. The molecule has 3 heterocycles. The van der Waals surface area contributed by atoms with Crippen molar-refractivity contribution in [3.8, 4) is 0 Å². The van der Waals surface area contributed by atoms with Gasteiger partial charge in [-0.3, -0.25) is 14.7 Å². The number of rotatable bonds is 9. The van der Waals surface area contributed by atoms with Crippen molar-refractivity contribution in [1.29, 1.82) is 0 Å². The molecule has 0 saturated carbocycles. The van der Waals surface area contributed by atoms with E-state index >= 15 is 0 Å². The van der Waals surface area contributed by atoms with E-state index in [1.54, 1.807) is 4.90 Å². The van der Waals surface area contributed by atoms with Crippen molar-refractivity contribution in [3.05, 3.63) is 71.0 Å². The molecule has 0 fully saturated rings. The maximum absolute atomic E-state index is 13.5. The number of amides is 2. The number of hydrogen-bond donors (Lipinski definition) is 3. The second kappa shape index (κ2) is 12.9. The molecule has 0 spiro atoms. The number of fused-ring (bicyclic) bond motifs is 5. The third kappa shape index (κ3) is 6.54. The minimum atomic E-state index is -0.641. The molecular formula is C36H45N5O3. The van der Waals surface area contributed by atoms with Crippen molar-refractivity contribution in [2.24, 2.45) is 0 Å². The van der Waals surface area contributed by atoms with Gasteiger partial charge in [-0.05, 0) is 82.6 Å². The summed E-state index contributed by atoms with van der Waals surface area (Å²) in [7, 11) is 0. The SMILES string of the molecule is CC(C)(C)OC(=O)N1Cc2[nH]c3ccccc3c2C[C@H]1C(=O)NCCCCCCNc1c2c(nc3ccccc13)CCCC2. The normalized spacial score (nSPS) is 16.4. The quantitative estimate of drug-likeness (QED) is 0.180. The minimum Gasteiger partial charge on any atom is -0.444 e. The number of aromatic amines is 1. The second-order valence-corrected chi connectivity index (χ2v) is 13.2. The molecule has 6 rings (SSSR count). The van der Waals surface area contributed by atoms with Crippen LogP contribution in [0.2, 0.25) is 0 Å². The molecule has 8 heteroatoms. The number of ether oxygens (including phenoxy) is 1. The number of unbranched alkanes of at least 4 members (excludes halogenated alkanes) is 3. The first-order valence-electron chi connectivity index (χ1n) is 16.3. The molecule has 0 unspecified atom stereocenters. The maximum atomic E-state index is 13.5. The molecule has 1 atom stereocenters. The number of anilines is 1. The molecule has 1 aliphatic heterocycles. The lowest BCUT2D eigenvalue weighted by Crippen LogP contribution is -2.53. The first-order chi connectivity index (χ1) is 21.3. The van der Waals surface area contributed by atoms with Gasteiger partial charge in [-0.25, -0.2) is 4.79 Å². The molecule has 2 aromatic heterocycles. The van der Waals surface area contributed by atoms with E-state index in [1.807, 2.05) is 39.0 Å². The van der Waals surface area contributed by atoms with Crippen LogP contribution in [0.3, 0.4) is 0 Å². The third-order valence-corrected chi connectivity index (χ3v) is 8.81. The zero-order valence-corrected chi connectivity index (χ0v) is 26.3. The zero-order chi connectivity index (χ0) is 30.7. The molecule has 2 aliphatic rings. The van der Waals surface area contributed by atoms with E-state index in [1.165, 1.54) is 35.2 Å². The summed E-state index contributed by atoms with van der Waals surface area (Å²) in [5, 5.41) is 9.21. The Morgan fingerprint density at radius 1 is 0.932 bits per heavy atom. The lowest BCUT2D eigenvalue weighted by atomic mass is 9.92. The molecule has 0 bridgehead atoms. The first-order valence-corrected chi connectivity index (χ1v) is 16.3. The molecule has 0 radical (unpaired) electrons. The Bertz CT molecular complexity index is 1650. The molecule has 1 aliphatic carbocycles. The average Bonchev–Trinajstić information content (AvgIpc) is 3.38. The third-order valence-electron chi connectivity index (χ3n) is 8.81. The van der Waals surface area contributed by atoms with E-state index < -0.39 is 17.7 Å². The van der Waals surface area contributed by atoms with Gasteiger partial charge >= 0.3 is 6.09 Å². The van der Waals surface area contributed by atoms with Crippen LogP contribution in [-0.4, -0.2) is 51.6 Å². The molecule has 4 aromatic rings. The van der Waals surface area contributed by atoms with E-state index in [9.17, 15) is 9.59 Å². The van der Waals surface area contributed by atoms with Gasteiger partial charge in [0.15, 0.2) is 0 Å². The predicted molar refractivity (Wildman–Crippen MR) is 176 cm³/mol. The van der Waals surface area contributed by atoms with Gasteiger partial charge in [-0.1, -0.05) is 49.2 Å². The van der Waals surface area contributed by atoms with E-state index in [2.05, 4.69) is 45.9 Å². The van der Waals surface area contributed by atoms with Crippen LogP contribution in [0.25, 0.3) is 21.8 Å². The van der Waals surface area contributed by atoms with Gasteiger partial charge in [-0.15, -0.1) is 0 Å². The Balaban J connectivity index is 1.01. The number of nitrogens with one attached hydrogen (secondary N) is 3. The highest BCUT2D eigenvalue weighted by Gasteiger charge is 2.38. The molecule has 0 saturated heterocycles. The Hall–Kier alpha value is -4.07. The molecule has 2 aromatic carbocycles. The maximum Gasteiger partial charge on any atom is 0.411 e. The van der Waals surface area contributed by atoms with Gasteiger partial charge in [0.05, 0.1) is 12.1 Å². The smallest absolute Gasteiger partial charge is 0.411 e. The monoisotopic (exact) mass is 595 g/mol. The Labute approximate surface area is 259 Å². The second-order valence-electron chi connectivity index (χ2n) is 13.2. The van der Waals surface area contributed by atoms with E-state index in [0.717, 1.165) is 72.7 Å². The van der Waals surface area contributed by atoms with Crippen LogP contribution in [0.1, 0.15) is 81.8 Å².